The number of carbonyl (C=O) groups excluding carboxylic acids is 1. The predicted octanol–water partition coefficient (Wildman–Crippen LogP) is 4.66. The van der Waals surface area contributed by atoms with Crippen LogP contribution in [-0.2, 0) is 6.42 Å². The minimum Gasteiger partial charge on any atom is -0.495 e. The highest BCUT2D eigenvalue weighted by atomic mass is 16.5. The molecule has 0 saturated carbocycles. The number of nitrogens with zero attached hydrogens (tertiary/aromatic N) is 2. The average molecular weight is 376 g/mol. The summed E-state index contributed by atoms with van der Waals surface area (Å²) >= 11 is 0. The zero-order valence-electron chi connectivity index (χ0n) is 16.5. The third-order valence-electron chi connectivity index (χ3n) is 4.31. The van der Waals surface area contributed by atoms with Crippen molar-refractivity contribution in [2.75, 3.05) is 17.7 Å². The van der Waals surface area contributed by atoms with Gasteiger partial charge >= 0.3 is 0 Å². The minimum atomic E-state index is -0.321. The molecule has 6 nitrogen and oxygen atoms in total. The molecular weight excluding hydrogens is 352 g/mol. The summed E-state index contributed by atoms with van der Waals surface area (Å²) in [6, 6.07) is 15.4. The fourth-order valence-corrected chi connectivity index (χ4v) is 2.83. The van der Waals surface area contributed by atoms with Crippen LogP contribution in [0.2, 0.25) is 0 Å². The maximum atomic E-state index is 12.7. The first-order chi connectivity index (χ1) is 13.5. The molecule has 3 rings (SSSR count). The Kier molecular flexibility index (Phi) is 5.89. The van der Waals surface area contributed by atoms with Crippen molar-refractivity contribution in [3.8, 4) is 5.75 Å². The SMILES string of the molecule is CCc1ccc(Nc2cc(C(=O)Nc3cc(C)ccc3OC)nc(C)n2)cc1. The zero-order chi connectivity index (χ0) is 20.1. The first kappa shape index (κ1) is 19.4. The van der Waals surface area contributed by atoms with Crippen molar-refractivity contribution in [3.05, 3.63) is 71.2 Å². The molecular formula is C22H24N4O2. The Bertz CT molecular complexity index is 984. The van der Waals surface area contributed by atoms with Crippen molar-refractivity contribution in [1.82, 2.24) is 9.97 Å². The van der Waals surface area contributed by atoms with Gasteiger partial charge in [-0.05, 0) is 55.7 Å². The molecule has 0 radical (unpaired) electrons. The van der Waals surface area contributed by atoms with Crippen molar-refractivity contribution in [2.45, 2.75) is 27.2 Å². The molecule has 2 N–H and O–H groups in total. The van der Waals surface area contributed by atoms with Crippen LogP contribution in [0.15, 0.2) is 48.5 Å². The van der Waals surface area contributed by atoms with Crippen LogP contribution in [0.25, 0.3) is 0 Å². The van der Waals surface area contributed by atoms with Crippen molar-refractivity contribution in [3.63, 3.8) is 0 Å². The molecule has 0 spiro atoms. The molecule has 0 aliphatic rings. The molecule has 1 aromatic heterocycles. The van der Waals surface area contributed by atoms with Crippen LogP contribution in [0.5, 0.6) is 5.75 Å². The summed E-state index contributed by atoms with van der Waals surface area (Å²) < 4.78 is 5.32. The molecule has 3 aromatic rings. The van der Waals surface area contributed by atoms with Gasteiger partial charge in [0.2, 0.25) is 0 Å². The van der Waals surface area contributed by atoms with Gasteiger partial charge in [-0.25, -0.2) is 9.97 Å². The van der Waals surface area contributed by atoms with Crippen LogP contribution in [0.3, 0.4) is 0 Å². The Morgan fingerprint density at radius 1 is 1.04 bits per heavy atom. The second kappa shape index (κ2) is 8.52. The Balaban J connectivity index is 1.82. The summed E-state index contributed by atoms with van der Waals surface area (Å²) in [7, 11) is 1.57. The van der Waals surface area contributed by atoms with Gasteiger partial charge in [0.1, 0.15) is 23.1 Å². The number of ether oxygens (including phenoxy) is 1. The Hall–Kier alpha value is -3.41. The Labute approximate surface area is 165 Å². The van der Waals surface area contributed by atoms with Crippen LogP contribution in [0.4, 0.5) is 17.2 Å². The van der Waals surface area contributed by atoms with Gasteiger partial charge < -0.3 is 15.4 Å². The number of amides is 1. The lowest BCUT2D eigenvalue weighted by molar-refractivity contribution is 0.102. The largest absolute Gasteiger partial charge is 0.495 e. The van der Waals surface area contributed by atoms with Crippen molar-refractivity contribution >= 4 is 23.1 Å². The van der Waals surface area contributed by atoms with Crippen molar-refractivity contribution in [1.29, 1.82) is 0 Å². The summed E-state index contributed by atoms with van der Waals surface area (Å²) in [6.45, 7) is 5.83. The summed E-state index contributed by atoms with van der Waals surface area (Å²) in [5, 5.41) is 6.10. The van der Waals surface area contributed by atoms with Gasteiger partial charge in [-0.2, -0.15) is 0 Å². The number of hydrogen-bond acceptors (Lipinski definition) is 5. The highest BCUT2D eigenvalue weighted by Gasteiger charge is 2.14. The maximum Gasteiger partial charge on any atom is 0.274 e. The fraction of sp³-hybridized carbons (Fsp3) is 0.227. The Morgan fingerprint density at radius 2 is 1.79 bits per heavy atom. The number of hydrogen-bond donors (Lipinski definition) is 2. The molecule has 0 saturated heterocycles. The summed E-state index contributed by atoms with van der Waals surface area (Å²) in [4.78, 5) is 21.4. The molecule has 2 aromatic carbocycles. The monoisotopic (exact) mass is 376 g/mol. The third-order valence-corrected chi connectivity index (χ3v) is 4.31. The molecule has 1 amide bonds. The second-order valence-corrected chi connectivity index (χ2v) is 6.52. The number of nitrogens with one attached hydrogen (secondary N) is 2. The summed E-state index contributed by atoms with van der Waals surface area (Å²) in [6.07, 6.45) is 0.986. The van der Waals surface area contributed by atoms with E-state index >= 15 is 0 Å². The molecule has 0 atom stereocenters. The van der Waals surface area contributed by atoms with E-state index in [0.717, 1.165) is 17.7 Å². The van der Waals surface area contributed by atoms with E-state index in [1.165, 1.54) is 5.56 Å². The lowest BCUT2D eigenvalue weighted by Crippen LogP contribution is -2.16. The molecule has 0 fully saturated rings. The Morgan fingerprint density at radius 3 is 2.46 bits per heavy atom. The quantitative estimate of drug-likeness (QED) is 0.654. The van der Waals surface area contributed by atoms with Crippen LogP contribution < -0.4 is 15.4 Å². The zero-order valence-corrected chi connectivity index (χ0v) is 16.5. The number of anilines is 3. The van der Waals surface area contributed by atoms with Gasteiger partial charge in [-0.3, -0.25) is 4.79 Å². The standard InChI is InChI=1S/C22H24N4O2/c1-5-16-7-9-17(10-8-16)25-21-13-19(23-15(3)24-21)22(27)26-18-12-14(2)6-11-20(18)28-4/h6-13H,5H2,1-4H3,(H,26,27)(H,23,24,25). The normalized spacial score (nSPS) is 10.4. The maximum absolute atomic E-state index is 12.7. The van der Waals surface area contributed by atoms with Gasteiger partial charge in [0.05, 0.1) is 12.8 Å². The van der Waals surface area contributed by atoms with Gasteiger partial charge in [0.15, 0.2) is 0 Å². The van der Waals surface area contributed by atoms with Crippen LogP contribution in [0.1, 0.15) is 34.4 Å². The van der Waals surface area contributed by atoms with E-state index in [-0.39, 0.29) is 11.6 Å². The highest BCUT2D eigenvalue weighted by molar-refractivity contribution is 6.04. The van der Waals surface area contributed by atoms with E-state index in [2.05, 4.69) is 39.7 Å². The number of aryl methyl sites for hydroxylation is 3. The number of rotatable bonds is 6. The summed E-state index contributed by atoms with van der Waals surface area (Å²) in [5.74, 6) is 1.35. The van der Waals surface area contributed by atoms with Gasteiger partial charge in [0.25, 0.3) is 5.91 Å². The second-order valence-electron chi connectivity index (χ2n) is 6.52. The van der Waals surface area contributed by atoms with Crippen molar-refractivity contribution in [2.24, 2.45) is 0 Å². The highest BCUT2D eigenvalue weighted by Crippen LogP contribution is 2.26. The van der Waals surface area contributed by atoms with Gasteiger partial charge in [-0.15, -0.1) is 0 Å². The molecule has 6 heteroatoms. The van der Waals surface area contributed by atoms with Crippen LogP contribution in [-0.4, -0.2) is 23.0 Å². The molecule has 0 aliphatic heterocycles. The fourth-order valence-electron chi connectivity index (χ4n) is 2.83. The molecule has 1 heterocycles. The van der Waals surface area contributed by atoms with E-state index in [1.54, 1.807) is 20.1 Å². The summed E-state index contributed by atoms with van der Waals surface area (Å²) in [5.41, 5.74) is 4.07. The minimum absolute atomic E-state index is 0.281. The number of aromatic nitrogens is 2. The van der Waals surface area contributed by atoms with Crippen molar-refractivity contribution < 1.29 is 9.53 Å². The molecule has 0 unspecified atom stereocenters. The van der Waals surface area contributed by atoms with Gasteiger partial charge in [-0.1, -0.05) is 25.1 Å². The molecule has 0 bridgehead atoms. The van der Waals surface area contributed by atoms with E-state index in [1.807, 2.05) is 37.3 Å². The molecule has 28 heavy (non-hydrogen) atoms. The first-order valence-electron chi connectivity index (χ1n) is 9.16. The smallest absolute Gasteiger partial charge is 0.274 e. The van der Waals surface area contributed by atoms with E-state index in [4.69, 9.17) is 4.74 Å². The predicted molar refractivity (Wildman–Crippen MR) is 112 cm³/mol. The lowest BCUT2D eigenvalue weighted by atomic mass is 10.1. The van der Waals surface area contributed by atoms with E-state index < -0.39 is 0 Å². The average Bonchev–Trinajstić information content (AvgIpc) is 2.68. The van der Waals surface area contributed by atoms with E-state index in [0.29, 0.717) is 23.1 Å². The van der Waals surface area contributed by atoms with Crippen LogP contribution >= 0.6 is 0 Å². The van der Waals surface area contributed by atoms with E-state index in [9.17, 15) is 4.79 Å². The molecule has 0 aliphatic carbocycles. The van der Waals surface area contributed by atoms with Crippen LogP contribution in [0, 0.1) is 13.8 Å². The number of benzene rings is 2. The topological polar surface area (TPSA) is 76.1 Å². The third kappa shape index (κ3) is 4.65. The van der Waals surface area contributed by atoms with Gasteiger partial charge in [0, 0.05) is 11.8 Å². The number of methoxy groups -OCH3 is 1. The first-order valence-corrected chi connectivity index (χ1v) is 9.16. The number of carbonyl (C=O) groups is 1. The molecule has 144 valence electrons. The lowest BCUT2D eigenvalue weighted by Gasteiger charge is -2.12.